The average Bonchev–Trinajstić information content (AvgIpc) is 3.42. The van der Waals surface area contributed by atoms with Crippen LogP contribution in [0.1, 0.15) is 35.8 Å². The third kappa shape index (κ3) is 4.14. The number of thiophene rings is 1. The fraction of sp³-hybridized carbons (Fsp3) is 0.400. The molecule has 1 aliphatic rings. The van der Waals surface area contributed by atoms with Crippen molar-refractivity contribution < 1.29 is 27.5 Å². The number of aromatic nitrogens is 3. The van der Waals surface area contributed by atoms with E-state index in [0.29, 0.717) is 28.8 Å². The van der Waals surface area contributed by atoms with Crippen molar-refractivity contribution in [3.8, 4) is 10.6 Å². The van der Waals surface area contributed by atoms with Crippen molar-refractivity contribution in [3.63, 3.8) is 0 Å². The molecule has 1 atom stereocenters. The first kappa shape index (κ1) is 21.3. The molecule has 4 heterocycles. The van der Waals surface area contributed by atoms with E-state index in [2.05, 4.69) is 10.1 Å². The number of ether oxygens (including phenoxy) is 1. The minimum atomic E-state index is -4.68. The number of nitrogens with zero attached hydrogens (tertiary/aromatic N) is 4. The van der Waals surface area contributed by atoms with Crippen LogP contribution >= 0.6 is 11.3 Å². The molecule has 3 aromatic heterocycles. The fourth-order valence-corrected chi connectivity index (χ4v) is 4.34. The van der Waals surface area contributed by atoms with Crippen LogP contribution in [0.3, 0.4) is 0 Å². The smallest absolute Gasteiger partial charge is 0.433 e. The van der Waals surface area contributed by atoms with E-state index >= 15 is 0 Å². The van der Waals surface area contributed by atoms with Gasteiger partial charge >= 0.3 is 12.1 Å². The molecule has 31 heavy (non-hydrogen) atoms. The highest BCUT2D eigenvalue weighted by atomic mass is 32.1. The number of esters is 1. The van der Waals surface area contributed by atoms with Gasteiger partial charge in [0.15, 0.2) is 11.3 Å². The summed E-state index contributed by atoms with van der Waals surface area (Å²) in [6.07, 6.45) is -2.39. The van der Waals surface area contributed by atoms with Gasteiger partial charge < -0.3 is 9.64 Å². The number of fused-ring (bicyclic) bond motifs is 1. The average molecular weight is 452 g/mol. The highest BCUT2D eigenvalue weighted by Crippen LogP contribution is 2.34. The molecule has 0 N–H and O–H groups in total. The second kappa shape index (κ2) is 8.29. The van der Waals surface area contributed by atoms with Gasteiger partial charge in [-0.25, -0.2) is 9.50 Å². The van der Waals surface area contributed by atoms with Gasteiger partial charge in [0.2, 0.25) is 0 Å². The largest absolute Gasteiger partial charge is 0.466 e. The van der Waals surface area contributed by atoms with Gasteiger partial charge in [0.25, 0.3) is 5.91 Å². The molecule has 7 nitrogen and oxygen atoms in total. The zero-order valence-corrected chi connectivity index (χ0v) is 17.4. The first-order chi connectivity index (χ1) is 14.8. The van der Waals surface area contributed by atoms with E-state index in [-0.39, 0.29) is 36.0 Å². The Hall–Kier alpha value is -2.95. The predicted octanol–water partition coefficient (Wildman–Crippen LogP) is 3.89. The number of alkyl halides is 3. The number of carbonyl (C=O) groups is 2. The molecule has 0 bridgehead atoms. The lowest BCUT2D eigenvalue weighted by atomic mass is 9.97. The summed E-state index contributed by atoms with van der Waals surface area (Å²) in [4.78, 5) is 31.6. The van der Waals surface area contributed by atoms with Gasteiger partial charge in [-0.2, -0.15) is 18.3 Å². The van der Waals surface area contributed by atoms with Crippen LogP contribution in [0, 0.1) is 5.92 Å². The Morgan fingerprint density at radius 3 is 2.84 bits per heavy atom. The Morgan fingerprint density at radius 1 is 1.35 bits per heavy atom. The summed E-state index contributed by atoms with van der Waals surface area (Å²) in [6, 6.07) is 4.30. The Morgan fingerprint density at radius 2 is 2.16 bits per heavy atom. The number of halogens is 3. The van der Waals surface area contributed by atoms with Gasteiger partial charge in [0, 0.05) is 13.1 Å². The van der Waals surface area contributed by atoms with Crippen molar-refractivity contribution in [2.24, 2.45) is 5.92 Å². The van der Waals surface area contributed by atoms with E-state index in [1.807, 2.05) is 0 Å². The standard InChI is InChI=1S/C20H19F3N4O3S/c1-2-30-19(29)12-5-3-7-26(11-12)18(28)13-10-24-27-16(20(21,22)23)9-14(25-17(13)27)15-6-4-8-31-15/h4,6,8-10,12H,2-3,5,7,11H2,1H3/t12-/m0/s1. The van der Waals surface area contributed by atoms with E-state index in [4.69, 9.17) is 4.74 Å². The molecule has 0 aromatic carbocycles. The Kier molecular flexibility index (Phi) is 5.69. The fourth-order valence-electron chi connectivity index (χ4n) is 3.65. The topological polar surface area (TPSA) is 76.8 Å². The van der Waals surface area contributed by atoms with Crippen LogP contribution in [-0.2, 0) is 15.7 Å². The Balaban J connectivity index is 1.73. The molecule has 0 radical (unpaired) electrons. The Labute approximate surface area is 179 Å². The summed E-state index contributed by atoms with van der Waals surface area (Å²) in [6.45, 7) is 2.49. The molecular formula is C20H19F3N4O3S. The second-order valence-electron chi connectivity index (χ2n) is 7.14. The van der Waals surface area contributed by atoms with Crippen LogP contribution in [0.4, 0.5) is 13.2 Å². The minimum Gasteiger partial charge on any atom is -0.466 e. The van der Waals surface area contributed by atoms with E-state index in [9.17, 15) is 22.8 Å². The zero-order valence-electron chi connectivity index (χ0n) is 16.6. The number of hydrogen-bond acceptors (Lipinski definition) is 6. The van der Waals surface area contributed by atoms with E-state index in [1.54, 1.807) is 24.4 Å². The second-order valence-corrected chi connectivity index (χ2v) is 8.09. The summed E-state index contributed by atoms with van der Waals surface area (Å²) in [7, 11) is 0. The lowest BCUT2D eigenvalue weighted by molar-refractivity contribution is -0.149. The van der Waals surface area contributed by atoms with Gasteiger partial charge in [-0.1, -0.05) is 6.07 Å². The normalized spacial score (nSPS) is 17.2. The van der Waals surface area contributed by atoms with E-state index in [0.717, 1.165) is 12.3 Å². The molecule has 1 amide bonds. The molecule has 164 valence electrons. The highest BCUT2D eigenvalue weighted by Gasteiger charge is 2.37. The molecule has 4 rings (SSSR count). The molecule has 1 saturated heterocycles. The lowest BCUT2D eigenvalue weighted by Gasteiger charge is -2.31. The number of rotatable bonds is 4. The molecule has 1 fully saturated rings. The van der Waals surface area contributed by atoms with Crippen molar-refractivity contribution in [1.29, 1.82) is 0 Å². The van der Waals surface area contributed by atoms with Gasteiger partial charge in [-0.15, -0.1) is 11.3 Å². The lowest BCUT2D eigenvalue weighted by Crippen LogP contribution is -2.42. The summed E-state index contributed by atoms with van der Waals surface area (Å²) >= 11 is 1.25. The number of amides is 1. The summed E-state index contributed by atoms with van der Waals surface area (Å²) in [5.74, 6) is -1.34. The van der Waals surface area contributed by atoms with Crippen LogP contribution in [-0.4, -0.2) is 51.1 Å². The first-order valence-corrected chi connectivity index (χ1v) is 10.6. The highest BCUT2D eigenvalue weighted by molar-refractivity contribution is 7.13. The molecule has 0 unspecified atom stereocenters. The minimum absolute atomic E-state index is 0.0339. The summed E-state index contributed by atoms with van der Waals surface area (Å²) in [5, 5.41) is 5.54. The molecule has 1 aliphatic heterocycles. The van der Waals surface area contributed by atoms with Crippen molar-refractivity contribution in [3.05, 3.63) is 41.0 Å². The number of hydrogen-bond donors (Lipinski definition) is 0. The maximum atomic E-state index is 13.7. The molecule has 3 aromatic rings. The van der Waals surface area contributed by atoms with Gasteiger partial charge in [-0.3, -0.25) is 9.59 Å². The van der Waals surface area contributed by atoms with Gasteiger partial charge in [0.1, 0.15) is 5.56 Å². The maximum absolute atomic E-state index is 13.7. The molecule has 0 aliphatic carbocycles. The van der Waals surface area contributed by atoms with Crippen LogP contribution in [0.2, 0.25) is 0 Å². The van der Waals surface area contributed by atoms with Crippen LogP contribution in [0.5, 0.6) is 0 Å². The van der Waals surface area contributed by atoms with Crippen molar-refractivity contribution in [2.75, 3.05) is 19.7 Å². The van der Waals surface area contributed by atoms with E-state index in [1.165, 1.54) is 16.2 Å². The molecule has 0 spiro atoms. The van der Waals surface area contributed by atoms with Gasteiger partial charge in [-0.05, 0) is 37.3 Å². The van der Waals surface area contributed by atoms with Crippen LogP contribution in [0.25, 0.3) is 16.2 Å². The van der Waals surface area contributed by atoms with Crippen molar-refractivity contribution in [2.45, 2.75) is 25.9 Å². The number of carbonyl (C=O) groups excluding carboxylic acids is 2. The monoisotopic (exact) mass is 452 g/mol. The third-order valence-electron chi connectivity index (χ3n) is 5.09. The third-order valence-corrected chi connectivity index (χ3v) is 5.99. The molecule has 11 heteroatoms. The first-order valence-electron chi connectivity index (χ1n) is 9.75. The van der Waals surface area contributed by atoms with Crippen LogP contribution < -0.4 is 0 Å². The summed E-state index contributed by atoms with van der Waals surface area (Å²) in [5.41, 5.74) is -1.09. The van der Waals surface area contributed by atoms with Crippen molar-refractivity contribution >= 4 is 28.9 Å². The molecule has 0 saturated carbocycles. The van der Waals surface area contributed by atoms with Crippen LogP contribution in [0.15, 0.2) is 29.8 Å². The van der Waals surface area contributed by atoms with E-state index < -0.39 is 23.7 Å². The molecular weight excluding hydrogens is 433 g/mol. The van der Waals surface area contributed by atoms with Gasteiger partial charge in [0.05, 0.1) is 29.3 Å². The zero-order chi connectivity index (χ0) is 22.2. The SMILES string of the molecule is CCOC(=O)[C@H]1CCCN(C(=O)c2cnn3c(C(F)(F)F)cc(-c4cccs4)nc23)C1. The van der Waals surface area contributed by atoms with Crippen molar-refractivity contribution in [1.82, 2.24) is 19.5 Å². The number of likely N-dealkylation sites (tertiary alicyclic amines) is 1. The maximum Gasteiger partial charge on any atom is 0.433 e. The quantitative estimate of drug-likeness (QED) is 0.562. The summed E-state index contributed by atoms with van der Waals surface area (Å²) < 4.78 is 46.8. The number of piperidine rings is 1. The Bertz CT molecular complexity index is 1110. The predicted molar refractivity (Wildman–Crippen MR) is 107 cm³/mol.